The first kappa shape index (κ1) is 12.8. The predicted octanol–water partition coefficient (Wildman–Crippen LogP) is 3.83. The number of hydrogen-bond acceptors (Lipinski definition) is 2. The van der Waals surface area contributed by atoms with Crippen molar-refractivity contribution in [2.24, 2.45) is 5.92 Å². The van der Waals surface area contributed by atoms with Gasteiger partial charge in [0.15, 0.2) is 0 Å². The molecule has 2 saturated carbocycles. The Morgan fingerprint density at radius 2 is 1.81 bits per heavy atom. The van der Waals surface area contributed by atoms with E-state index in [0.29, 0.717) is 0 Å². The second-order valence-corrected chi connectivity index (χ2v) is 6.89. The third kappa shape index (κ3) is 3.40. The van der Waals surface area contributed by atoms with Gasteiger partial charge in [0.05, 0.1) is 0 Å². The summed E-state index contributed by atoms with van der Waals surface area (Å²) in [5, 5.41) is 4.88. The van der Waals surface area contributed by atoms with Crippen LogP contribution in [0.15, 0.2) is 0 Å². The van der Waals surface area contributed by atoms with Crippen molar-refractivity contribution in [3.05, 3.63) is 0 Å². The third-order valence-corrected chi connectivity index (χ3v) is 5.62. The molecular weight excluding hydrogens is 214 g/mol. The quantitative estimate of drug-likeness (QED) is 0.806. The molecule has 0 aromatic heterocycles. The van der Waals surface area contributed by atoms with Gasteiger partial charge in [-0.1, -0.05) is 26.2 Å². The summed E-state index contributed by atoms with van der Waals surface area (Å²) in [5.41, 5.74) is 0. The van der Waals surface area contributed by atoms with E-state index in [1.54, 1.807) is 0 Å². The maximum atomic E-state index is 3.96. The van der Waals surface area contributed by atoms with Crippen LogP contribution in [0.4, 0.5) is 0 Å². The van der Waals surface area contributed by atoms with Crippen LogP contribution in [0.2, 0.25) is 0 Å². The average molecular weight is 241 g/mol. The summed E-state index contributed by atoms with van der Waals surface area (Å²) in [7, 11) is 0. The molecule has 2 heteroatoms. The molecule has 0 radical (unpaired) electrons. The molecule has 0 aliphatic heterocycles. The molecule has 2 rings (SSSR count). The molecule has 2 fully saturated rings. The zero-order valence-electron chi connectivity index (χ0n) is 10.9. The van der Waals surface area contributed by atoms with E-state index in [0.717, 1.165) is 23.3 Å². The van der Waals surface area contributed by atoms with Gasteiger partial charge >= 0.3 is 0 Å². The lowest BCUT2D eigenvalue weighted by Crippen LogP contribution is -2.45. The minimum atomic E-state index is 0.816. The Balaban J connectivity index is 1.79. The Labute approximate surface area is 105 Å². The molecule has 1 nitrogen and oxygen atoms in total. The van der Waals surface area contributed by atoms with Gasteiger partial charge in [-0.3, -0.25) is 0 Å². The van der Waals surface area contributed by atoms with E-state index in [1.807, 2.05) is 0 Å². The fraction of sp³-hybridized carbons (Fsp3) is 1.00. The molecule has 0 spiro atoms. The smallest absolute Gasteiger partial charge is 0.00952 e. The molecule has 0 aromatic rings. The van der Waals surface area contributed by atoms with E-state index >= 15 is 0 Å². The zero-order valence-corrected chi connectivity index (χ0v) is 11.7. The number of thioether (sulfide) groups is 1. The molecule has 1 N–H and O–H groups in total. The topological polar surface area (TPSA) is 12.0 Å². The lowest BCUT2D eigenvalue weighted by atomic mass is 9.84. The second kappa shape index (κ2) is 6.30. The van der Waals surface area contributed by atoms with Crippen LogP contribution in [0.25, 0.3) is 0 Å². The normalized spacial score (nSPS) is 40.9. The molecule has 16 heavy (non-hydrogen) atoms. The van der Waals surface area contributed by atoms with Crippen LogP contribution in [-0.2, 0) is 0 Å². The van der Waals surface area contributed by atoms with E-state index < -0.39 is 0 Å². The van der Waals surface area contributed by atoms with Gasteiger partial charge in [-0.25, -0.2) is 0 Å². The SMILES string of the molecule is CSC1CCCC(NC2CCCCC2C)C1. The highest BCUT2D eigenvalue weighted by molar-refractivity contribution is 7.99. The van der Waals surface area contributed by atoms with Crippen molar-refractivity contribution in [1.29, 1.82) is 0 Å². The van der Waals surface area contributed by atoms with Gasteiger partial charge in [0.25, 0.3) is 0 Å². The molecular formula is C14H27NS. The molecule has 4 atom stereocenters. The van der Waals surface area contributed by atoms with E-state index in [9.17, 15) is 0 Å². The molecule has 0 aromatic carbocycles. The number of rotatable bonds is 3. The van der Waals surface area contributed by atoms with Gasteiger partial charge < -0.3 is 5.32 Å². The van der Waals surface area contributed by atoms with Crippen LogP contribution in [0, 0.1) is 5.92 Å². The fourth-order valence-corrected chi connectivity index (χ4v) is 4.20. The minimum Gasteiger partial charge on any atom is -0.311 e. The molecule has 0 bridgehead atoms. The predicted molar refractivity (Wildman–Crippen MR) is 74.1 cm³/mol. The lowest BCUT2D eigenvalue weighted by molar-refractivity contribution is 0.237. The average Bonchev–Trinajstić information content (AvgIpc) is 2.32. The summed E-state index contributed by atoms with van der Waals surface area (Å²) >= 11 is 2.07. The van der Waals surface area contributed by atoms with Crippen molar-refractivity contribution >= 4 is 11.8 Å². The van der Waals surface area contributed by atoms with E-state index in [2.05, 4.69) is 30.3 Å². The van der Waals surface area contributed by atoms with Gasteiger partial charge in [-0.2, -0.15) is 11.8 Å². The summed E-state index contributed by atoms with van der Waals surface area (Å²) in [6, 6.07) is 1.64. The molecule has 0 heterocycles. The first-order valence-corrected chi connectivity index (χ1v) is 8.37. The van der Waals surface area contributed by atoms with Crippen molar-refractivity contribution in [1.82, 2.24) is 5.32 Å². The van der Waals surface area contributed by atoms with Crippen LogP contribution >= 0.6 is 11.8 Å². The maximum absolute atomic E-state index is 3.96. The minimum absolute atomic E-state index is 0.816. The first-order chi connectivity index (χ1) is 7.79. The third-order valence-electron chi connectivity index (χ3n) is 4.52. The second-order valence-electron chi connectivity index (χ2n) is 5.76. The van der Waals surface area contributed by atoms with E-state index in [1.165, 1.54) is 51.4 Å². The fourth-order valence-electron chi connectivity index (χ4n) is 3.38. The molecule has 0 saturated heterocycles. The summed E-state index contributed by atoms with van der Waals surface area (Å²) in [6.45, 7) is 2.44. The summed E-state index contributed by atoms with van der Waals surface area (Å²) in [5.74, 6) is 0.906. The zero-order chi connectivity index (χ0) is 11.4. The van der Waals surface area contributed by atoms with Crippen molar-refractivity contribution < 1.29 is 0 Å². The van der Waals surface area contributed by atoms with E-state index in [4.69, 9.17) is 0 Å². The molecule has 2 aliphatic carbocycles. The number of hydrogen-bond donors (Lipinski definition) is 1. The standard InChI is InChI=1S/C14H27NS/c1-11-6-3-4-9-14(11)15-12-7-5-8-13(10-12)16-2/h11-15H,3-10H2,1-2H3. The van der Waals surface area contributed by atoms with Gasteiger partial charge in [0.2, 0.25) is 0 Å². The lowest BCUT2D eigenvalue weighted by Gasteiger charge is -2.36. The highest BCUT2D eigenvalue weighted by atomic mass is 32.2. The summed E-state index contributed by atoms with van der Waals surface area (Å²) in [6.07, 6.45) is 13.7. The van der Waals surface area contributed by atoms with Crippen molar-refractivity contribution in [3.63, 3.8) is 0 Å². The highest BCUT2D eigenvalue weighted by Gasteiger charge is 2.27. The van der Waals surface area contributed by atoms with Crippen molar-refractivity contribution in [2.45, 2.75) is 75.6 Å². The Bertz CT molecular complexity index is 207. The Morgan fingerprint density at radius 1 is 1.00 bits per heavy atom. The molecule has 0 amide bonds. The first-order valence-electron chi connectivity index (χ1n) is 7.08. The van der Waals surface area contributed by atoms with Crippen LogP contribution in [-0.4, -0.2) is 23.6 Å². The van der Waals surface area contributed by atoms with Crippen LogP contribution in [0.1, 0.15) is 58.3 Å². The Morgan fingerprint density at radius 3 is 2.56 bits per heavy atom. The van der Waals surface area contributed by atoms with E-state index in [-0.39, 0.29) is 0 Å². The van der Waals surface area contributed by atoms with Crippen LogP contribution in [0.5, 0.6) is 0 Å². The van der Waals surface area contributed by atoms with Gasteiger partial charge in [-0.05, 0) is 44.3 Å². The van der Waals surface area contributed by atoms with Gasteiger partial charge in [0, 0.05) is 17.3 Å². The summed E-state index contributed by atoms with van der Waals surface area (Å²) in [4.78, 5) is 0. The molecule has 4 unspecified atom stereocenters. The largest absolute Gasteiger partial charge is 0.311 e. The number of nitrogens with one attached hydrogen (secondary N) is 1. The van der Waals surface area contributed by atoms with Gasteiger partial charge in [-0.15, -0.1) is 0 Å². The van der Waals surface area contributed by atoms with Gasteiger partial charge in [0.1, 0.15) is 0 Å². The monoisotopic (exact) mass is 241 g/mol. The molecule has 2 aliphatic rings. The Kier molecular flexibility index (Phi) is 5.02. The molecule has 94 valence electrons. The highest BCUT2D eigenvalue weighted by Crippen LogP contribution is 2.30. The van der Waals surface area contributed by atoms with Crippen molar-refractivity contribution in [3.8, 4) is 0 Å². The Hall–Kier alpha value is 0.310. The van der Waals surface area contributed by atoms with Crippen LogP contribution < -0.4 is 5.32 Å². The summed E-state index contributed by atoms with van der Waals surface area (Å²) < 4.78 is 0. The van der Waals surface area contributed by atoms with Crippen molar-refractivity contribution in [2.75, 3.05) is 6.26 Å². The van der Waals surface area contributed by atoms with Crippen LogP contribution in [0.3, 0.4) is 0 Å². The maximum Gasteiger partial charge on any atom is 0.00952 e.